The summed E-state index contributed by atoms with van der Waals surface area (Å²) in [6.45, 7) is 1.80. The molecule has 152 valence electrons. The first-order valence-corrected chi connectivity index (χ1v) is 10.4. The van der Waals surface area contributed by atoms with Crippen molar-refractivity contribution < 1.29 is 19.8 Å². The molecule has 0 radical (unpaired) electrons. The summed E-state index contributed by atoms with van der Waals surface area (Å²) in [5, 5.41) is 18.7. The average Bonchev–Trinajstić information content (AvgIpc) is 3.01. The molecular weight excluding hydrogens is 340 g/mol. The first kappa shape index (κ1) is 23.5. The minimum absolute atomic E-state index is 0.0572. The molecule has 0 aromatic rings. The predicted octanol–water partition coefficient (Wildman–Crippen LogP) is 4.31. The summed E-state index contributed by atoms with van der Waals surface area (Å²) in [7, 11) is 0. The van der Waals surface area contributed by atoms with Gasteiger partial charge in [0.05, 0.1) is 6.10 Å². The molecule has 4 nitrogen and oxygen atoms in total. The number of allylic oxidation sites excluding steroid dienone is 5. The average molecular weight is 377 g/mol. The smallest absolute Gasteiger partial charge is 0.159 e. The van der Waals surface area contributed by atoms with Crippen LogP contribution in [0.3, 0.4) is 0 Å². The molecule has 0 aromatic heterocycles. The Kier molecular flexibility index (Phi) is 12.7. The van der Waals surface area contributed by atoms with Crippen molar-refractivity contribution in [2.75, 3.05) is 6.61 Å². The molecule has 0 saturated heterocycles. The van der Waals surface area contributed by atoms with Crippen molar-refractivity contribution in [3.8, 4) is 0 Å². The molecule has 0 amide bonds. The van der Waals surface area contributed by atoms with Gasteiger partial charge in [-0.1, -0.05) is 63.0 Å². The fourth-order valence-corrected chi connectivity index (χ4v) is 3.30. The summed E-state index contributed by atoms with van der Waals surface area (Å²) < 4.78 is 0. The van der Waals surface area contributed by atoms with Crippen molar-refractivity contribution in [3.63, 3.8) is 0 Å². The van der Waals surface area contributed by atoms with E-state index >= 15 is 0 Å². The number of carbonyl (C=O) groups excluding carboxylic acids is 2. The minimum Gasteiger partial charge on any atom is -0.393 e. The minimum atomic E-state index is -0.382. The van der Waals surface area contributed by atoms with Crippen molar-refractivity contribution >= 4 is 11.6 Å². The SMILES string of the molecule is CCCCCCC(O)C/C=C/[C@H]1C=CC(=O)[C@@H]1C/C=C\CCCC(=O)CO. The molecule has 0 saturated carbocycles. The maximum absolute atomic E-state index is 12.1. The zero-order valence-corrected chi connectivity index (χ0v) is 16.7. The molecule has 0 heterocycles. The molecule has 1 aliphatic carbocycles. The van der Waals surface area contributed by atoms with Gasteiger partial charge in [0, 0.05) is 18.3 Å². The van der Waals surface area contributed by atoms with E-state index in [4.69, 9.17) is 5.11 Å². The maximum Gasteiger partial charge on any atom is 0.159 e. The number of unbranched alkanes of at least 4 members (excludes halogenated alkanes) is 4. The molecule has 0 aliphatic heterocycles. The standard InChI is InChI=1S/C23H36O4/c1-2-3-4-7-12-20(25)14-10-11-19-16-17-23(27)22(19)15-9-6-5-8-13-21(26)18-24/h6,9-11,16-17,19-20,22,24-25H,2-5,7-8,12-15,18H2,1H3/b9-6-,11-10+/t19-,20?,22+/m0/s1. The monoisotopic (exact) mass is 376 g/mol. The Morgan fingerprint density at radius 2 is 2.00 bits per heavy atom. The lowest BCUT2D eigenvalue weighted by molar-refractivity contribution is -0.121. The van der Waals surface area contributed by atoms with E-state index in [9.17, 15) is 14.7 Å². The van der Waals surface area contributed by atoms with Gasteiger partial charge in [-0.25, -0.2) is 0 Å². The Morgan fingerprint density at radius 1 is 1.19 bits per heavy atom. The third-order valence-electron chi connectivity index (χ3n) is 5.03. The Balaban J connectivity index is 2.30. The highest BCUT2D eigenvalue weighted by Crippen LogP contribution is 2.27. The lowest BCUT2D eigenvalue weighted by Crippen LogP contribution is -2.13. The van der Waals surface area contributed by atoms with Crippen LogP contribution in [0.4, 0.5) is 0 Å². The zero-order chi connectivity index (χ0) is 19.9. The van der Waals surface area contributed by atoms with Gasteiger partial charge in [-0.05, 0) is 38.2 Å². The van der Waals surface area contributed by atoms with Gasteiger partial charge >= 0.3 is 0 Å². The molecule has 3 atom stereocenters. The summed E-state index contributed by atoms with van der Waals surface area (Å²) in [5.74, 6) is 0.0740. The summed E-state index contributed by atoms with van der Waals surface area (Å²) >= 11 is 0. The molecule has 0 bridgehead atoms. The number of carbonyl (C=O) groups is 2. The predicted molar refractivity (Wildman–Crippen MR) is 109 cm³/mol. The second-order valence-corrected chi connectivity index (χ2v) is 7.41. The highest BCUT2D eigenvalue weighted by atomic mass is 16.3. The Morgan fingerprint density at radius 3 is 2.74 bits per heavy atom. The van der Waals surface area contributed by atoms with E-state index in [0.29, 0.717) is 19.3 Å². The van der Waals surface area contributed by atoms with Gasteiger partial charge < -0.3 is 10.2 Å². The Labute approximate surface area is 164 Å². The lowest BCUT2D eigenvalue weighted by atomic mass is 9.90. The number of hydrogen-bond acceptors (Lipinski definition) is 4. The number of hydrogen-bond donors (Lipinski definition) is 2. The topological polar surface area (TPSA) is 74.6 Å². The Bertz CT molecular complexity index is 518. The van der Waals surface area contributed by atoms with Crippen LogP contribution in [0.2, 0.25) is 0 Å². The summed E-state index contributed by atoms with van der Waals surface area (Å²) in [5.41, 5.74) is 0. The summed E-state index contributed by atoms with van der Waals surface area (Å²) in [6.07, 6.45) is 20.2. The van der Waals surface area contributed by atoms with E-state index in [2.05, 4.69) is 13.0 Å². The molecule has 4 heteroatoms. The van der Waals surface area contributed by atoms with Crippen LogP contribution in [-0.4, -0.2) is 34.5 Å². The van der Waals surface area contributed by atoms with Gasteiger partial charge in [-0.15, -0.1) is 0 Å². The molecule has 27 heavy (non-hydrogen) atoms. The maximum atomic E-state index is 12.1. The van der Waals surface area contributed by atoms with E-state index < -0.39 is 0 Å². The number of ketones is 2. The third kappa shape index (κ3) is 10.4. The molecule has 0 spiro atoms. The van der Waals surface area contributed by atoms with E-state index in [1.807, 2.05) is 24.3 Å². The summed E-state index contributed by atoms with van der Waals surface area (Å²) in [4.78, 5) is 23.1. The number of rotatable bonds is 15. The van der Waals surface area contributed by atoms with Gasteiger partial charge in [0.1, 0.15) is 6.61 Å². The van der Waals surface area contributed by atoms with Gasteiger partial charge in [0.2, 0.25) is 0 Å². The molecule has 1 unspecified atom stereocenters. The van der Waals surface area contributed by atoms with Crippen LogP contribution in [0.25, 0.3) is 0 Å². The summed E-state index contributed by atoms with van der Waals surface area (Å²) in [6, 6.07) is 0. The van der Waals surface area contributed by atoms with E-state index in [0.717, 1.165) is 25.7 Å². The zero-order valence-electron chi connectivity index (χ0n) is 16.7. The second-order valence-electron chi connectivity index (χ2n) is 7.41. The van der Waals surface area contributed by atoms with Crippen LogP contribution >= 0.6 is 0 Å². The van der Waals surface area contributed by atoms with Crippen molar-refractivity contribution in [1.29, 1.82) is 0 Å². The number of Topliss-reactive ketones (excluding diaryl/α,β-unsaturated/α-hetero) is 1. The van der Waals surface area contributed by atoms with Gasteiger partial charge in [0.25, 0.3) is 0 Å². The van der Waals surface area contributed by atoms with E-state index in [1.165, 1.54) is 19.3 Å². The van der Waals surface area contributed by atoms with Gasteiger partial charge in [0.15, 0.2) is 11.6 Å². The highest BCUT2D eigenvalue weighted by Gasteiger charge is 2.26. The van der Waals surface area contributed by atoms with Crippen LogP contribution in [0, 0.1) is 11.8 Å². The van der Waals surface area contributed by atoms with Crippen LogP contribution in [0.1, 0.15) is 71.1 Å². The fourth-order valence-electron chi connectivity index (χ4n) is 3.30. The largest absolute Gasteiger partial charge is 0.393 e. The van der Waals surface area contributed by atoms with Crippen molar-refractivity contribution in [3.05, 3.63) is 36.5 Å². The van der Waals surface area contributed by atoms with E-state index in [-0.39, 0.29) is 36.1 Å². The molecule has 2 N–H and O–H groups in total. The first-order chi connectivity index (χ1) is 13.1. The van der Waals surface area contributed by atoms with Crippen LogP contribution in [0.15, 0.2) is 36.5 Å². The van der Waals surface area contributed by atoms with Gasteiger partial charge in [-0.3, -0.25) is 9.59 Å². The molecule has 1 aliphatic rings. The number of aliphatic hydroxyl groups excluding tert-OH is 2. The number of aliphatic hydroxyl groups is 2. The quantitative estimate of drug-likeness (QED) is 0.330. The third-order valence-corrected chi connectivity index (χ3v) is 5.03. The first-order valence-electron chi connectivity index (χ1n) is 10.4. The van der Waals surface area contributed by atoms with Crippen LogP contribution < -0.4 is 0 Å². The van der Waals surface area contributed by atoms with Crippen molar-refractivity contribution in [2.24, 2.45) is 11.8 Å². The molecule has 0 aromatic carbocycles. The normalized spacial score (nSPS) is 20.9. The highest BCUT2D eigenvalue weighted by molar-refractivity contribution is 5.95. The second kappa shape index (κ2) is 14.5. The van der Waals surface area contributed by atoms with Gasteiger partial charge in [-0.2, -0.15) is 0 Å². The lowest BCUT2D eigenvalue weighted by Gasteiger charge is -2.13. The molecule has 0 fully saturated rings. The molecule has 1 rings (SSSR count). The van der Waals surface area contributed by atoms with Crippen LogP contribution in [-0.2, 0) is 9.59 Å². The van der Waals surface area contributed by atoms with Crippen molar-refractivity contribution in [2.45, 2.75) is 77.2 Å². The molecular formula is C23H36O4. The van der Waals surface area contributed by atoms with E-state index in [1.54, 1.807) is 6.08 Å². The Hall–Kier alpha value is -1.52. The fraction of sp³-hybridized carbons (Fsp3) is 0.652. The van der Waals surface area contributed by atoms with Crippen molar-refractivity contribution in [1.82, 2.24) is 0 Å². The van der Waals surface area contributed by atoms with Crippen LogP contribution in [0.5, 0.6) is 0 Å².